The highest BCUT2D eigenvalue weighted by Gasteiger charge is 2.14. The SMILES string of the molecule is Cc1nc(-c2ccccc2C#N)c(N)n1N. The number of hydrogen-bond acceptors (Lipinski definition) is 4. The Labute approximate surface area is 92.9 Å². The van der Waals surface area contributed by atoms with Crippen molar-refractivity contribution in [2.45, 2.75) is 6.92 Å². The van der Waals surface area contributed by atoms with Gasteiger partial charge in [0.05, 0.1) is 11.6 Å². The van der Waals surface area contributed by atoms with Gasteiger partial charge in [-0.15, -0.1) is 0 Å². The number of nitriles is 1. The summed E-state index contributed by atoms with van der Waals surface area (Å²) in [5, 5.41) is 8.99. The molecule has 0 spiro atoms. The molecule has 0 saturated heterocycles. The lowest BCUT2D eigenvalue weighted by atomic mass is 10.1. The molecule has 80 valence electrons. The average Bonchev–Trinajstić information content (AvgIpc) is 2.57. The van der Waals surface area contributed by atoms with Crippen LogP contribution in [0.25, 0.3) is 11.3 Å². The number of imidazole rings is 1. The van der Waals surface area contributed by atoms with E-state index in [1.807, 2.05) is 6.07 Å². The number of anilines is 1. The minimum absolute atomic E-state index is 0.361. The molecule has 2 aromatic rings. The highest BCUT2D eigenvalue weighted by molar-refractivity contribution is 5.75. The molecule has 0 saturated carbocycles. The molecule has 16 heavy (non-hydrogen) atoms. The van der Waals surface area contributed by atoms with E-state index < -0.39 is 0 Å². The van der Waals surface area contributed by atoms with Gasteiger partial charge in [0.2, 0.25) is 0 Å². The minimum atomic E-state index is 0.361. The summed E-state index contributed by atoms with van der Waals surface area (Å²) in [6.45, 7) is 1.76. The average molecular weight is 213 g/mol. The lowest BCUT2D eigenvalue weighted by Gasteiger charge is -2.01. The van der Waals surface area contributed by atoms with Crippen LogP contribution in [0.4, 0.5) is 5.82 Å². The fourth-order valence-electron chi connectivity index (χ4n) is 1.55. The zero-order valence-electron chi connectivity index (χ0n) is 8.81. The van der Waals surface area contributed by atoms with Crippen LogP contribution in [-0.4, -0.2) is 9.66 Å². The van der Waals surface area contributed by atoms with Crippen LogP contribution in [0.2, 0.25) is 0 Å². The predicted octanol–water partition coefficient (Wildman–Crippen LogP) is 1.03. The molecule has 5 nitrogen and oxygen atoms in total. The molecule has 5 heteroatoms. The first-order chi connectivity index (χ1) is 7.65. The van der Waals surface area contributed by atoms with Crippen molar-refractivity contribution < 1.29 is 0 Å². The van der Waals surface area contributed by atoms with Crippen molar-refractivity contribution in [1.29, 1.82) is 5.26 Å². The van der Waals surface area contributed by atoms with Crippen molar-refractivity contribution in [3.05, 3.63) is 35.7 Å². The molecule has 0 aliphatic heterocycles. The van der Waals surface area contributed by atoms with E-state index in [-0.39, 0.29) is 0 Å². The maximum atomic E-state index is 8.99. The van der Waals surface area contributed by atoms with Crippen LogP contribution in [0.1, 0.15) is 11.4 Å². The van der Waals surface area contributed by atoms with Crippen molar-refractivity contribution in [2.75, 3.05) is 11.6 Å². The number of hydrogen-bond donors (Lipinski definition) is 2. The van der Waals surface area contributed by atoms with Crippen LogP contribution in [-0.2, 0) is 0 Å². The molecule has 4 N–H and O–H groups in total. The van der Waals surface area contributed by atoms with Gasteiger partial charge in [-0.2, -0.15) is 5.26 Å². The summed E-state index contributed by atoms with van der Waals surface area (Å²) >= 11 is 0. The molecule has 0 unspecified atom stereocenters. The molecule has 2 rings (SSSR count). The van der Waals surface area contributed by atoms with Gasteiger partial charge in [0, 0.05) is 5.56 Å². The smallest absolute Gasteiger partial charge is 0.150 e. The first kappa shape index (κ1) is 10.1. The Hall–Kier alpha value is -2.48. The monoisotopic (exact) mass is 213 g/mol. The van der Waals surface area contributed by atoms with Crippen molar-refractivity contribution in [1.82, 2.24) is 9.66 Å². The van der Waals surface area contributed by atoms with Gasteiger partial charge in [0.1, 0.15) is 11.5 Å². The Bertz CT molecular complexity index is 577. The van der Waals surface area contributed by atoms with Crippen molar-refractivity contribution in [3.63, 3.8) is 0 Å². The third-order valence-corrected chi connectivity index (χ3v) is 2.43. The standard InChI is InChI=1S/C11H11N5/c1-7-15-10(11(13)16(7)14)9-5-3-2-4-8(9)6-12/h2-5H,13-14H2,1H3. The van der Waals surface area contributed by atoms with Crippen molar-refractivity contribution in [3.8, 4) is 17.3 Å². The van der Waals surface area contributed by atoms with Gasteiger partial charge >= 0.3 is 0 Å². The zero-order valence-corrected chi connectivity index (χ0v) is 8.81. The lowest BCUT2D eigenvalue weighted by molar-refractivity contribution is 0.937. The van der Waals surface area contributed by atoms with Crippen LogP contribution in [0.5, 0.6) is 0 Å². The minimum Gasteiger partial charge on any atom is -0.382 e. The van der Waals surface area contributed by atoms with Gasteiger partial charge in [0.15, 0.2) is 5.82 Å². The van der Waals surface area contributed by atoms with Gasteiger partial charge in [-0.3, -0.25) is 0 Å². The second kappa shape index (κ2) is 3.59. The van der Waals surface area contributed by atoms with Gasteiger partial charge in [-0.05, 0) is 13.0 Å². The summed E-state index contributed by atoms with van der Waals surface area (Å²) in [7, 11) is 0. The van der Waals surface area contributed by atoms with Gasteiger partial charge in [-0.1, -0.05) is 18.2 Å². The van der Waals surface area contributed by atoms with Crippen LogP contribution >= 0.6 is 0 Å². The summed E-state index contributed by atoms with van der Waals surface area (Å²) in [5.41, 5.74) is 7.62. The zero-order chi connectivity index (χ0) is 11.7. The molecule has 0 amide bonds. The molecule has 0 fully saturated rings. The fraction of sp³-hybridized carbons (Fsp3) is 0.0909. The Morgan fingerprint density at radius 3 is 2.62 bits per heavy atom. The van der Waals surface area contributed by atoms with E-state index >= 15 is 0 Å². The topological polar surface area (TPSA) is 93.6 Å². The lowest BCUT2D eigenvalue weighted by Crippen LogP contribution is -2.13. The molecule has 1 heterocycles. The molecule has 1 aromatic heterocycles. The Kier molecular flexibility index (Phi) is 2.25. The van der Waals surface area contributed by atoms with Gasteiger partial charge in [0.25, 0.3) is 0 Å². The third-order valence-electron chi connectivity index (χ3n) is 2.43. The molecule has 0 aliphatic rings. The summed E-state index contributed by atoms with van der Waals surface area (Å²) in [5.74, 6) is 6.65. The normalized spacial score (nSPS) is 10.0. The maximum Gasteiger partial charge on any atom is 0.150 e. The van der Waals surface area contributed by atoms with E-state index in [4.69, 9.17) is 16.8 Å². The first-order valence-electron chi connectivity index (χ1n) is 4.74. The van der Waals surface area contributed by atoms with E-state index in [1.165, 1.54) is 4.68 Å². The first-order valence-corrected chi connectivity index (χ1v) is 4.74. The number of nitrogens with two attached hydrogens (primary N) is 2. The van der Waals surface area contributed by atoms with Crippen molar-refractivity contribution >= 4 is 5.82 Å². The summed E-state index contributed by atoms with van der Waals surface area (Å²) in [6.07, 6.45) is 0. The molecule has 0 bridgehead atoms. The quantitative estimate of drug-likeness (QED) is 0.691. The molecule has 1 aromatic carbocycles. The van der Waals surface area contributed by atoms with Crippen LogP contribution in [0.3, 0.4) is 0 Å². The molecular weight excluding hydrogens is 202 g/mol. The Morgan fingerprint density at radius 1 is 1.38 bits per heavy atom. The van der Waals surface area contributed by atoms with Gasteiger partial charge in [-0.25, -0.2) is 9.66 Å². The number of nitrogens with zero attached hydrogens (tertiary/aromatic N) is 3. The molecular formula is C11H11N5. The molecule has 0 aliphatic carbocycles. The number of benzene rings is 1. The highest BCUT2D eigenvalue weighted by Crippen LogP contribution is 2.27. The summed E-state index contributed by atoms with van der Waals surface area (Å²) in [4.78, 5) is 4.25. The van der Waals surface area contributed by atoms with Crippen LogP contribution in [0.15, 0.2) is 24.3 Å². The summed E-state index contributed by atoms with van der Waals surface area (Å²) < 4.78 is 1.31. The van der Waals surface area contributed by atoms with Crippen molar-refractivity contribution in [2.24, 2.45) is 0 Å². The predicted molar refractivity (Wildman–Crippen MR) is 61.7 cm³/mol. The number of nitrogen functional groups attached to an aromatic ring is 2. The van der Waals surface area contributed by atoms with E-state index in [1.54, 1.807) is 25.1 Å². The second-order valence-corrected chi connectivity index (χ2v) is 3.42. The maximum absolute atomic E-state index is 8.99. The molecule has 0 atom stereocenters. The van der Waals surface area contributed by atoms with E-state index in [0.29, 0.717) is 28.5 Å². The Morgan fingerprint density at radius 2 is 2.06 bits per heavy atom. The largest absolute Gasteiger partial charge is 0.382 e. The molecule has 0 radical (unpaired) electrons. The Balaban J connectivity index is 2.69. The van der Waals surface area contributed by atoms with E-state index in [2.05, 4.69) is 11.1 Å². The second-order valence-electron chi connectivity index (χ2n) is 3.42. The van der Waals surface area contributed by atoms with E-state index in [9.17, 15) is 0 Å². The van der Waals surface area contributed by atoms with Crippen LogP contribution < -0.4 is 11.6 Å². The third kappa shape index (κ3) is 1.37. The fourth-order valence-corrected chi connectivity index (χ4v) is 1.55. The number of aromatic nitrogens is 2. The van der Waals surface area contributed by atoms with Gasteiger partial charge < -0.3 is 11.6 Å². The highest BCUT2D eigenvalue weighted by atomic mass is 15.4. The van der Waals surface area contributed by atoms with E-state index in [0.717, 1.165) is 0 Å². The number of aryl methyl sites for hydroxylation is 1. The number of rotatable bonds is 1. The van der Waals surface area contributed by atoms with Crippen LogP contribution in [0, 0.1) is 18.3 Å². The summed E-state index contributed by atoms with van der Waals surface area (Å²) in [6, 6.07) is 9.26.